The Balaban J connectivity index is 0.00000576. The summed E-state index contributed by atoms with van der Waals surface area (Å²) in [6, 6.07) is 0. The monoisotopic (exact) mass is 467 g/mol. The Bertz CT molecular complexity index is 511. The molecule has 1 aromatic rings. The molecule has 1 atom stereocenters. The van der Waals surface area contributed by atoms with Crippen molar-refractivity contribution in [3.05, 3.63) is 11.7 Å². The summed E-state index contributed by atoms with van der Waals surface area (Å²) in [4.78, 5) is 8.99. The summed E-state index contributed by atoms with van der Waals surface area (Å²) in [6.45, 7) is 14.7. The van der Waals surface area contributed by atoms with E-state index in [0.717, 1.165) is 18.3 Å². The van der Waals surface area contributed by atoms with Crippen LogP contribution < -0.4 is 10.6 Å². The van der Waals surface area contributed by atoms with Gasteiger partial charge >= 0.3 is 0 Å². The number of aromatic nitrogens is 2. The molecule has 2 N–H and O–H groups in total. The van der Waals surface area contributed by atoms with Crippen molar-refractivity contribution in [2.24, 2.45) is 10.4 Å². The maximum Gasteiger partial charge on any atom is 0.228 e. The van der Waals surface area contributed by atoms with Crippen molar-refractivity contribution in [3.8, 4) is 0 Å². The van der Waals surface area contributed by atoms with Gasteiger partial charge in [0.2, 0.25) is 5.89 Å². The van der Waals surface area contributed by atoms with Crippen molar-refractivity contribution in [2.45, 2.75) is 60.0 Å². The summed E-state index contributed by atoms with van der Waals surface area (Å²) in [6.07, 6.45) is 0.731. The molecule has 1 aromatic heterocycles. The molecule has 1 unspecified atom stereocenters. The molecule has 0 radical (unpaired) electrons. The van der Waals surface area contributed by atoms with Gasteiger partial charge in [-0.15, -0.1) is 24.0 Å². The second kappa shape index (κ2) is 11.7. The lowest BCUT2D eigenvalue weighted by atomic mass is 9.89. The quantitative estimate of drug-likeness (QED) is 0.348. The second-order valence-electron chi connectivity index (χ2n) is 7.19. The van der Waals surface area contributed by atoms with Crippen LogP contribution in [-0.2, 0) is 11.2 Å². The number of hydrogen-bond donors (Lipinski definition) is 2. The topological polar surface area (TPSA) is 84.6 Å². The molecule has 1 rings (SSSR count). The van der Waals surface area contributed by atoms with Gasteiger partial charge in [-0.05, 0) is 12.3 Å². The van der Waals surface area contributed by atoms with Crippen molar-refractivity contribution in [3.63, 3.8) is 0 Å². The van der Waals surface area contributed by atoms with Gasteiger partial charge in [0.1, 0.15) is 0 Å². The molecule has 0 amide bonds. The van der Waals surface area contributed by atoms with E-state index < -0.39 is 0 Å². The molecule has 0 aliphatic rings. The van der Waals surface area contributed by atoms with Gasteiger partial charge in [0, 0.05) is 32.5 Å². The van der Waals surface area contributed by atoms with Gasteiger partial charge < -0.3 is 19.9 Å². The third-order valence-corrected chi connectivity index (χ3v) is 3.64. The molecular formula is C17H34IN5O2. The van der Waals surface area contributed by atoms with Gasteiger partial charge in [0.15, 0.2) is 11.8 Å². The Labute approximate surface area is 168 Å². The number of methoxy groups -OCH3 is 1. The summed E-state index contributed by atoms with van der Waals surface area (Å²) in [5.74, 6) is 2.44. The molecule has 0 saturated carbocycles. The predicted molar refractivity (Wildman–Crippen MR) is 112 cm³/mol. The van der Waals surface area contributed by atoms with Crippen LogP contribution in [0.5, 0.6) is 0 Å². The van der Waals surface area contributed by atoms with Gasteiger partial charge in [-0.3, -0.25) is 4.99 Å². The SMILES string of the molecule is CCNC(=NCC(OC)C(C)(C)C)NCCc1nc(C(C)C)no1.I. The minimum atomic E-state index is 0. The minimum absolute atomic E-state index is 0. The highest BCUT2D eigenvalue weighted by Gasteiger charge is 2.24. The number of nitrogens with zero attached hydrogens (tertiary/aromatic N) is 3. The van der Waals surface area contributed by atoms with E-state index in [9.17, 15) is 0 Å². The minimum Gasteiger partial charge on any atom is -0.379 e. The maximum absolute atomic E-state index is 5.55. The molecule has 7 nitrogen and oxygen atoms in total. The van der Waals surface area contributed by atoms with Crippen LogP contribution in [-0.4, -0.2) is 48.9 Å². The standard InChI is InChI=1S/C17H33N5O2.HI/c1-8-18-16(20-11-13(23-7)17(4,5)6)19-10-9-14-21-15(12(2)3)22-24-14;/h12-13H,8-11H2,1-7H3,(H2,18,19,20);1H. The molecular weight excluding hydrogens is 433 g/mol. The molecule has 1 heterocycles. The molecule has 25 heavy (non-hydrogen) atoms. The van der Waals surface area contributed by atoms with Crippen molar-refractivity contribution >= 4 is 29.9 Å². The first-order valence-electron chi connectivity index (χ1n) is 8.65. The highest BCUT2D eigenvalue weighted by atomic mass is 127. The molecule has 0 fully saturated rings. The number of rotatable bonds is 8. The molecule has 146 valence electrons. The predicted octanol–water partition coefficient (Wildman–Crippen LogP) is 2.97. The van der Waals surface area contributed by atoms with Crippen molar-refractivity contribution in [2.75, 3.05) is 26.7 Å². The molecule has 0 spiro atoms. The molecule has 0 aliphatic carbocycles. The van der Waals surface area contributed by atoms with E-state index in [1.807, 2.05) is 20.8 Å². The molecule has 0 saturated heterocycles. The van der Waals surface area contributed by atoms with Crippen molar-refractivity contribution in [1.82, 2.24) is 20.8 Å². The molecule has 0 aromatic carbocycles. The third-order valence-electron chi connectivity index (χ3n) is 3.64. The number of hydrogen-bond acceptors (Lipinski definition) is 5. The summed E-state index contributed by atoms with van der Waals surface area (Å²) in [5, 5.41) is 10.5. The van der Waals surface area contributed by atoms with Crippen LogP contribution in [0.1, 0.15) is 59.2 Å². The Hall–Kier alpha value is -0.900. The number of ether oxygens (including phenoxy) is 1. The summed E-state index contributed by atoms with van der Waals surface area (Å²) < 4.78 is 10.8. The van der Waals surface area contributed by atoms with Crippen LogP contribution in [0.15, 0.2) is 9.52 Å². The smallest absolute Gasteiger partial charge is 0.228 e. The molecule has 0 aliphatic heterocycles. The van der Waals surface area contributed by atoms with Crippen LogP contribution in [0.4, 0.5) is 0 Å². The van der Waals surface area contributed by atoms with Gasteiger partial charge in [-0.25, -0.2) is 0 Å². The number of nitrogens with one attached hydrogen (secondary N) is 2. The Kier molecular flexibility index (Phi) is 11.2. The van der Waals surface area contributed by atoms with E-state index in [1.54, 1.807) is 7.11 Å². The zero-order valence-corrected chi connectivity index (χ0v) is 18.9. The number of halogens is 1. The average Bonchev–Trinajstić information content (AvgIpc) is 2.95. The lowest BCUT2D eigenvalue weighted by Gasteiger charge is -2.28. The largest absolute Gasteiger partial charge is 0.379 e. The van der Waals surface area contributed by atoms with Gasteiger partial charge in [0.05, 0.1) is 12.6 Å². The van der Waals surface area contributed by atoms with Crippen molar-refractivity contribution < 1.29 is 9.26 Å². The highest BCUT2D eigenvalue weighted by Crippen LogP contribution is 2.21. The lowest BCUT2D eigenvalue weighted by Crippen LogP contribution is -2.40. The average molecular weight is 467 g/mol. The second-order valence-corrected chi connectivity index (χ2v) is 7.19. The third kappa shape index (κ3) is 8.84. The summed E-state index contributed by atoms with van der Waals surface area (Å²) >= 11 is 0. The van der Waals surface area contributed by atoms with Crippen LogP contribution in [0.2, 0.25) is 0 Å². The van der Waals surface area contributed by atoms with Crippen molar-refractivity contribution in [1.29, 1.82) is 0 Å². The fourth-order valence-corrected chi connectivity index (χ4v) is 2.11. The molecule has 8 heteroatoms. The zero-order valence-electron chi connectivity index (χ0n) is 16.5. The Morgan fingerprint density at radius 1 is 1.28 bits per heavy atom. The normalized spacial score (nSPS) is 13.5. The Morgan fingerprint density at radius 2 is 1.96 bits per heavy atom. The first-order valence-corrected chi connectivity index (χ1v) is 8.65. The first kappa shape index (κ1) is 24.1. The Morgan fingerprint density at radius 3 is 2.44 bits per heavy atom. The van der Waals surface area contributed by atoms with Crippen LogP contribution in [0, 0.1) is 5.41 Å². The number of guanidine groups is 1. The van der Waals surface area contributed by atoms with Crippen LogP contribution >= 0.6 is 24.0 Å². The van der Waals surface area contributed by atoms with E-state index in [0.29, 0.717) is 25.4 Å². The first-order chi connectivity index (χ1) is 11.3. The van der Waals surface area contributed by atoms with E-state index in [4.69, 9.17) is 9.26 Å². The lowest BCUT2D eigenvalue weighted by molar-refractivity contribution is 0.0241. The summed E-state index contributed by atoms with van der Waals surface area (Å²) in [5.41, 5.74) is 0.0482. The maximum atomic E-state index is 5.55. The zero-order chi connectivity index (χ0) is 18.2. The van der Waals surface area contributed by atoms with Gasteiger partial charge in [-0.2, -0.15) is 4.98 Å². The van der Waals surface area contributed by atoms with E-state index in [2.05, 4.69) is 46.5 Å². The van der Waals surface area contributed by atoms with Crippen LogP contribution in [0.3, 0.4) is 0 Å². The fourth-order valence-electron chi connectivity index (χ4n) is 2.11. The summed E-state index contributed by atoms with van der Waals surface area (Å²) in [7, 11) is 1.73. The van der Waals surface area contributed by atoms with E-state index in [1.165, 1.54) is 0 Å². The number of aliphatic imine (C=N–C) groups is 1. The van der Waals surface area contributed by atoms with E-state index in [-0.39, 0.29) is 41.4 Å². The van der Waals surface area contributed by atoms with Crippen LogP contribution in [0.25, 0.3) is 0 Å². The van der Waals surface area contributed by atoms with E-state index >= 15 is 0 Å². The molecule has 0 bridgehead atoms. The van der Waals surface area contributed by atoms with Gasteiger partial charge in [-0.1, -0.05) is 39.8 Å². The highest BCUT2D eigenvalue weighted by molar-refractivity contribution is 14.0. The fraction of sp³-hybridized carbons (Fsp3) is 0.824. The van der Waals surface area contributed by atoms with Gasteiger partial charge in [0.25, 0.3) is 0 Å².